The molecule has 1 N–H and O–H groups in total. The van der Waals surface area contributed by atoms with Crippen LogP contribution in [-0.4, -0.2) is 37.8 Å². The standard InChI is InChI=1S/C24H23N5O5/c1-15-12-18-6-4-5-7-21(18)27(15)13-23(31)34-14-22(30)25-24-16(2)26-28(17(24)3)19-8-10-20(11-9-19)29(32)33/h4-12H,13-14H2,1-3H3,(H,25,30). The third-order valence-corrected chi connectivity index (χ3v) is 5.53. The lowest BCUT2D eigenvalue weighted by Crippen LogP contribution is -2.23. The Morgan fingerprint density at radius 2 is 1.79 bits per heavy atom. The molecule has 0 bridgehead atoms. The van der Waals surface area contributed by atoms with Crippen molar-refractivity contribution < 1.29 is 19.2 Å². The van der Waals surface area contributed by atoms with E-state index in [1.54, 1.807) is 30.7 Å². The molecule has 0 aliphatic rings. The van der Waals surface area contributed by atoms with Crippen molar-refractivity contribution >= 4 is 34.2 Å². The SMILES string of the molecule is Cc1nn(-c2ccc([N+](=O)[O-])cc2)c(C)c1NC(=O)COC(=O)Cn1c(C)cc2ccccc21. The highest BCUT2D eigenvalue weighted by molar-refractivity contribution is 5.94. The lowest BCUT2D eigenvalue weighted by molar-refractivity contribution is -0.384. The number of anilines is 1. The summed E-state index contributed by atoms with van der Waals surface area (Å²) in [5.41, 5.74) is 4.13. The van der Waals surface area contributed by atoms with Crippen LogP contribution in [0.15, 0.2) is 54.6 Å². The molecule has 0 atom stereocenters. The number of nitro groups is 1. The van der Waals surface area contributed by atoms with Crippen LogP contribution in [0, 0.1) is 30.9 Å². The van der Waals surface area contributed by atoms with Crippen molar-refractivity contribution in [3.05, 3.63) is 81.8 Å². The summed E-state index contributed by atoms with van der Waals surface area (Å²) in [6.45, 7) is 4.98. The van der Waals surface area contributed by atoms with Crippen molar-refractivity contribution in [1.82, 2.24) is 14.3 Å². The van der Waals surface area contributed by atoms with Crippen molar-refractivity contribution in [3.63, 3.8) is 0 Å². The predicted octanol–water partition coefficient (Wildman–Crippen LogP) is 3.84. The number of nitro benzene ring substituents is 1. The molecule has 0 radical (unpaired) electrons. The third-order valence-electron chi connectivity index (χ3n) is 5.53. The molecule has 2 aromatic heterocycles. The van der Waals surface area contributed by atoms with Gasteiger partial charge in [-0.2, -0.15) is 5.10 Å². The molecule has 4 aromatic rings. The van der Waals surface area contributed by atoms with Crippen LogP contribution in [0.5, 0.6) is 0 Å². The van der Waals surface area contributed by atoms with Crippen molar-refractivity contribution in [2.75, 3.05) is 11.9 Å². The Balaban J connectivity index is 1.39. The Bertz CT molecular complexity index is 1400. The normalized spacial score (nSPS) is 10.9. The van der Waals surface area contributed by atoms with Gasteiger partial charge >= 0.3 is 5.97 Å². The van der Waals surface area contributed by atoms with Crippen molar-refractivity contribution in [1.29, 1.82) is 0 Å². The summed E-state index contributed by atoms with van der Waals surface area (Å²) < 4.78 is 8.63. The quantitative estimate of drug-likeness (QED) is 0.254. The van der Waals surface area contributed by atoms with Gasteiger partial charge in [-0.15, -0.1) is 0 Å². The van der Waals surface area contributed by atoms with Crippen molar-refractivity contribution in [2.45, 2.75) is 27.3 Å². The largest absolute Gasteiger partial charge is 0.454 e. The maximum atomic E-state index is 12.5. The first kappa shape index (κ1) is 22.7. The monoisotopic (exact) mass is 461 g/mol. The maximum Gasteiger partial charge on any atom is 0.326 e. The molecule has 34 heavy (non-hydrogen) atoms. The number of fused-ring (bicyclic) bond motifs is 1. The van der Waals surface area contributed by atoms with Gasteiger partial charge in [-0.3, -0.25) is 19.7 Å². The molecular weight excluding hydrogens is 438 g/mol. The second-order valence-electron chi connectivity index (χ2n) is 7.87. The van der Waals surface area contributed by atoms with Gasteiger partial charge in [0.2, 0.25) is 0 Å². The lowest BCUT2D eigenvalue weighted by atomic mass is 10.2. The second kappa shape index (κ2) is 9.18. The maximum absolute atomic E-state index is 12.5. The molecular formula is C24H23N5O5. The van der Waals surface area contributed by atoms with E-state index in [2.05, 4.69) is 10.4 Å². The Morgan fingerprint density at radius 1 is 1.09 bits per heavy atom. The van der Waals surface area contributed by atoms with Gasteiger partial charge in [0.1, 0.15) is 6.54 Å². The predicted molar refractivity (Wildman–Crippen MR) is 126 cm³/mol. The fourth-order valence-corrected chi connectivity index (χ4v) is 3.85. The highest BCUT2D eigenvalue weighted by atomic mass is 16.6. The number of aromatic nitrogens is 3. The summed E-state index contributed by atoms with van der Waals surface area (Å²) >= 11 is 0. The number of amides is 1. The Morgan fingerprint density at radius 3 is 2.50 bits per heavy atom. The van der Waals surface area contributed by atoms with E-state index in [1.165, 1.54) is 12.1 Å². The van der Waals surface area contributed by atoms with E-state index >= 15 is 0 Å². The zero-order valence-corrected chi connectivity index (χ0v) is 18.9. The molecule has 0 aliphatic carbocycles. The zero-order valence-electron chi connectivity index (χ0n) is 18.9. The minimum atomic E-state index is -0.519. The molecule has 0 spiro atoms. The van der Waals surface area contributed by atoms with Gasteiger partial charge in [0.25, 0.3) is 11.6 Å². The summed E-state index contributed by atoms with van der Waals surface area (Å²) in [5, 5.41) is 19.0. The minimum Gasteiger partial charge on any atom is -0.454 e. The number of carbonyl (C=O) groups is 2. The Labute approximate surface area is 194 Å². The number of nitrogens with zero attached hydrogens (tertiary/aromatic N) is 4. The summed E-state index contributed by atoms with van der Waals surface area (Å²) in [6.07, 6.45) is 0. The number of nitrogens with one attached hydrogen (secondary N) is 1. The van der Waals surface area contributed by atoms with E-state index in [-0.39, 0.29) is 12.2 Å². The first-order valence-electron chi connectivity index (χ1n) is 10.6. The molecule has 10 nitrogen and oxygen atoms in total. The van der Waals surface area contributed by atoms with Crippen LogP contribution in [0.4, 0.5) is 11.4 Å². The molecule has 0 aliphatic heterocycles. The molecule has 0 saturated carbocycles. The molecule has 1 amide bonds. The third kappa shape index (κ3) is 4.51. The second-order valence-corrected chi connectivity index (χ2v) is 7.87. The van der Waals surface area contributed by atoms with E-state index in [0.717, 1.165) is 16.6 Å². The number of carbonyl (C=O) groups excluding carboxylic acids is 2. The number of rotatable bonds is 7. The average Bonchev–Trinajstić information content (AvgIpc) is 3.28. The molecule has 2 heterocycles. The number of para-hydroxylation sites is 1. The first-order valence-corrected chi connectivity index (χ1v) is 10.6. The van der Waals surface area contributed by atoms with Gasteiger partial charge in [0, 0.05) is 23.3 Å². The van der Waals surface area contributed by atoms with E-state index in [4.69, 9.17) is 4.74 Å². The molecule has 0 saturated heterocycles. The summed E-state index contributed by atoms with van der Waals surface area (Å²) in [5.74, 6) is -1.01. The number of aryl methyl sites for hydroxylation is 2. The van der Waals surface area contributed by atoms with Gasteiger partial charge in [0.15, 0.2) is 6.61 Å². The van der Waals surface area contributed by atoms with E-state index < -0.39 is 23.4 Å². The van der Waals surface area contributed by atoms with Gasteiger partial charge in [-0.1, -0.05) is 18.2 Å². The molecule has 0 unspecified atom stereocenters. The van der Waals surface area contributed by atoms with Crippen LogP contribution >= 0.6 is 0 Å². The molecule has 174 valence electrons. The van der Waals surface area contributed by atoms with Gasteiger partial charge in [-0.05, 0) is 50.4 Å². The number of non-ortho nitro benzene ring substituents is 1. The first-order chi connectivity index (χ1) is 16.2. The average molecular weight is 461 g/mol. The van der Waals surface area contributed by atoms with Gasteiger partial charge in [-0.25, -0.2) is 4.68 Å². The van der Waals surface area contributed by atoms with Crippen LogP contribution < -0.4 is 5.32 Å². The summed E-state index contributed by atoms with van der Waals surface area (Å²) in [6, 6.07) is 15.7. The van der Waals surface area contributed by atoms with E-state index in [0.29, 0.717) is 22.8 Å². The highest BCUT2D eigenvalue weighted by Gasteiger charge is 2.18. The topological polar surface area (TPSA) is 121 Å². The Hall–Kier alpha value is -4.47. The number of benzene rings is 2. The van der Waals surface area contributed by atoms with Gasteiger partial charge in [0.05, 0.1) is 27.7 Å². The summed E-state index contributed by atoms with van der Waals surface area (Å²) in [4.78, 5) is 35.2. The minimum absolute atomic E-state index is 0.00274. The van der Waals surface area contributed by atoms with Crippen LogP contribution in [0.3, 0.4) is 0 Å². The molecule has 4 rings (SSSR count). The van der Waals surface area contributed by atoms with Crippen molar-refractivity contribution in [3.8, 4) is 5.69 Å². The molecule has 2 aromatic carbocycles. The van der Waals surface area contributed by atoms with Crippen LogP contribution in [-0.2, 0) is 20.9 Å². The highest BCUT2D eigenvalue weighted by Crippen LogP contribution is 2.24. The Kier molecular flexibility index (Phi) is 6.13. The van der Waals surface area contributed by atoms with Crippen LogP contribution in [0.25, 0.3) is 16.6 Å². The van der Waals surface area contributed by atoms with Crippen LogP contribution in [0.1, 0.15) is 17.1 Å². The van der Waals surface area contributed by atoms with Gasteiger partial charge < -0.3 is 14.6 Å². The summed E-state index contributed by atoms with van der Waals surface area (Å²) in [7, 11) is 0. The van der Waals surface area contributed by atoms with E-state index in [9.17, 15) is 19.7 Å². The fraction of sp³-hybridized carbons (Fsp3) is 0.208. The number of esters is 1. The number of hydrogen-bond acceptors (Lipinski definition) is 6. The van der Waals surface area contributed by atoms with E-state index in [1.807, 2.05) is 41.8 Å². The fourth-order valence-electron chi connectivity index (χ4n) is 3.85. The number of hydrogen-bond donors (Lipinski definition) is 1. The lowest BCUT2D eigenvalue weighted by Gasteiger charge is -2.10. The van der Waals surface area contributed by atoms with Crippen molar-refractivity contribution in [2.24, 2.45) is 0 Å². The smallest absolute Gasteiger partial charge is 0.326 e. The zero-order chi connectivity index (χ0) is 24.4. The van der Waals surface area contributed by atoms with Crippen LogP contribution in [0.2, 0.25) is 0 Å². The molecule has 0 fully saturated rings. The molecule has 10 heteroatoms. The number of ether oxygens (including phenoxy) is 1.